The number of halogens is 1. The van der Waals surface area contributed by atoms with E-state index in [-0.39, 0.29) is 24.4 Å². The highest BCUT2D eigenvalue weighted by Crippen LogP contribution is 2.29. The van der Waals surface area contributed by atoms with Gasteiger partial charge in [-0.05, 0) is 85.6 Å². The summed E-state index contributed by atoms with van der Waals surface area (Å²) in [5.41, 5.74) is 2.61. The fourth-order valence-electron chi connectivity index (χ4n) is 4.14. The molecule has 0 bridgehead atoms. The molecule has 2 amide bonds. The first-order valence-corrected chi connectivity index (χ1v) is 12.2. The Morgan fingerprint density at radius 1 is 0.947 bits per heavy atom. The van der Waals surface area contributed by atoms with Crippen LogP contribution in [0.2, 0.25) is 0 Å². The second-order valence-corrected chi connectivity index (χ2v) is 8.97. The van der Waals surface area contributed by atoms with Gasteiger partial charge in [0.1, 0.15) is 23.9 Å². The van der Waals surface area contributed by atoms with Gasteiger partial charge < -0.3 is 14.4 Å². The Morgan fingerprint density at radius 2 is 1.55 bits per heavy atom. The molecule has 1 aromatic heterocycles. The van der Waals surface area contributed by atoms with E-state index in [1.807, 2.05) is 54.7 Å². The van der Waals surface area contributed by atoms with Gasteiger partial charge in [-0.1, -0.05) is 0 Å². The monoisotopic (exact) mass is 514 g/mol. The molecule has 0 radical (unpaired) electrons. The van der Waals surface area contributed by atoms with Crippen LogP contribution in [0.3, 0.4) is 0 Å². The van der Waals surface area contributed by atoms with Crippen molar-refractivity contribution < 1.29 is 23.5 Å². The molecule has 1 heterocycles. The van der Waals surface area contributed by atoms with E-state index >= 15 is 0 Å². The number of anilines is 1. The summed E-state index contributed by atoms with van der Waals surface area (Å²) in [7, 11) is 3.20. The Morgan fingerprint density at radius 3 is 2.13 bits per heavy atom. The number of carbonyl (C=O) groups excluding carboxylic acids is 2. The number of ether oxygens (including phenoxy) is 2. The highest BCUT2D eigenvalue weighted by atomic mass is 19.1. The third-order valence-corrected chi connectivity index (χ3v) is 6.35. The zero-order chi connectivity index (χ0) is 26.6. The number of hydrogen-bond acceptors (Lipinski definition) is 5. The molecule has 0 spiro atoms. The van der Waals surface area contributed by atoms with Gasteiger partial charge in [0.25, 0.3) is 5.91 Å². The topological polar surface area (TPSA) is 85.7 Å². The second kappa shape index (κ2) is 10.8. The van der Waals surface area contributed by atoms with Crippen LogP contribution in [0.1, 0.15) is 23.2 Å². The summed E-state index contributed by atoms with van der Waals surface area (Å²) in [5, 5.41) is 2.88. The largest absolute Gasteiger partial charge is 0.497 e. The van der Waals surface area contributed by atoms with Crippen LogP contribution in [0, 0.1) is 5.82 Å². The zero-order valence-electron chi connectivity index (χ0n) is 21.1. The molecule has 3 aromatic carbocycles. The van der Waals surface area contributed by atoms with Gasteiger partial charge in [0.2, 0.25) is 11.9 Å². The lowest BCUT2D eigenvalue weighted by atomic mass is 10.1. The molecule has 1 saturated carbocycles. The van der Waals surface area contributed by atoms with E-state index < -0.39 is 5.82 Å². The zero-order valence-corrected chi connectivity index (χ0v) is 21.1. The molecule has 8 nitrogen and oxygen atoms in total. The second-order valence-electron chi connectivity index (χ2n) is 8.97. The van der Waals surface area contributed by atoms with Crippen LogP contribution in [0.15, 0.2) is 79.0 Å². The molecular formula is C29H27FN4O4. The maximum Gasteiger partial charge on any atom is 0.254 e. The van der Waals surface area contributed by atoms with Crippen LogP contribution in [-0.2, 0) is 4.79 Å². The van der Waals surface area contributed by atoms with Crippen LogP contribution in [0.25, 0.3) is 16.9 Å². The van der Waals surface area contributed by atoms with Crippen LogP contribution < -0.4 is 14.8 Å². The van der Waals surface area contributed by atoms with Crippen molar-refractivity contribution in [3.05, 3.63) is 90.4 Å². The number of hydrogen-bond donors (Lipinski definition) is 1. The van der Waals surface area contributed by atoms with Gasteiger partial charge in [-0.25, -0.2) is 9.37 Å². The van der Waals surface area contributed by atoms with Gasteiger partial charge in [-0.3, -0.25) is 19.5 Å². The molecule has 0 aliphatic heterocycles. The highest BCUT2D eigenvalue weighted by Gasteiger charge is 2.34. The van der Waals surface area contributed by atoms with Crippen LogP contribution >= 0.6 is 0 Å². The average molecular weight is 515 g/mol. The number of methoxy groups -OCH3 is 2. The van der Waals surface area contributed by atoms with Crippen molar-refractivity contribution in [2.24, 2.45) is 0 Å². The minimum absolute atomic E-state index is 0.0190. The van der Waals surface area contributed by atoms with Gasteiger partial charge in [-0.2, -0.15) is 0 Å². The first kappa shape index (κ1) is 25.0. The quantitative estimate of drug-likeness (QED) is 0.342. The maximum absolute atomic E-state index is 13.3. The lowest BCUT2D eigenvalue weighted by molar-refractivity contribution is -0.117. The predicted molar refractivity (Wildman–Crippen MR) is 141 cm³/mol. The number of nitrogens with zero attached hydrogens (tertiary/aromatic N) is 3. The number of benzene rings is 3. The third kappa shape index (κ3) is 5.51. The minimum Gasteiger partial charge on any atom is -0.497 e. The number of aromatic nitrogens is 2. The summed E-state index contributed by atoms with van der Waals surface area (Å²) in [5.74, 6) is 0.636. The molecular weight excluding hydrogens is 487 g/mol. The highest BCUT2D eigenvalue weighted by molar-refractivity contribution is 5.99. The van der Waals surface area contributed by atoms with Crippen LogP contribution in [0.5, 0.6) is 11.5 Å². The molecule has 1 fully saturated rings. The maximum atomic E-state index is 13.3. The molecule has 1 aliphatic rings. The van der Waals surface area contributed by atoms with Crippen LogP contribution in [0.4, 0.5) is 10.3 Å². The molecule has 0 unspecified atom stereocenters. The predicted octanol–water partition coefficient (Wildman–Crippen LogP) is 4.94. The smallest absolute Gasteiger partial charge is 0.254 e. The number of carbonyl (C=O) groups is 2. The van der Waals surface area contributed by atoms with E-state index in [1.54, 1.807) is 18.8 Å². The van der Waals surface area contributed by atoms with Gasteiger partial charge in [0, 0.05) is 29.1 Å². The molecule has 5 rings (SSSR count). The Labute approximate surface area is 219 Å². The summed E-state index contributed by atoms with van der Waals surface area (Å²) in [6, 6.07) is 20.2. The molecule has 194 valence electrons. The number of imidazole rings is 1. The van der Waals surface area contributed by atoms with E-state index in [4.69, 9.17) is 9.47 Å². The molecule has 1 N–H and O–H groups in total. The Kier molecular flexibility index (Phi) is 7.08. The lowest BCUT2D eigenvalue weighted by Crippen LogP contribution is -2.39. The minimum atomic E-state index is -0.421. The molecule has 9 heteroatoms. The summed E-state index contributed by atoms with van der Waals surface area (Å²) in [4.78, 5) is 32.5. The Bertz CT molecular complexity index is 1430. The van der Waals surface area contributed by atoms with Crippen molar-refractivity contribution in [2.45, 2.75) is 18.9 Å². The fourth-order valence-corrected chi connectivity index (χ4v) is 4.14. The van der Waals surface area contributed by atoms with E-state index in [9.17, 15) is 14.0 Å². The molecule has 0 saturated heterocycles. The fraction of sp³-hybridized carbons (Fsp3) is 0.207. The van der Waals surface area contributed by atoms with Gasteiger partial charge in [-0.15, -0.1) is 0 Å². The van der Waals surface area contributed by atoms with Gasteiger partial charge in [0.15, 0.2) is 0 Å². The molecule has 38 heavy (non-hydrogen) atoms. The van der Waals surface area contributed by atoms with E-state index in [0.717, 1.165) is 29.8 Å². The summed E-state index contributed by atoms with van der Waals surface area (Å²) >= 11 is 0. The number of amides is 2. The third-order valence-electron chi connectivity index (χ3n) is 6.35. The van der Waals surface area contributed by atoms with Gasteiger partial charge >= 0.3 is 0 Å². The van der Waals surface area contributed by atoms with Gasteiger partial charge in [0.05, 0.1) is 19.9 Å². The van der Waals surface area contributed by atoms with Crippen molar-refractivity contribution in [1.82, 2.24) is 14.5 Å². The van der Waals surface area contributed by atoms with E-state index in [1.165, 1.54) is 29.2 Å². The summed E-state index contributed by atoms with van der Waals surface area (Å²) in [6.45, 7) is -0.145. The van der Waals surface area contributed by atoms with Crippen molar-refractivity contribution in [3.8, 4) is 28.4 Å². The Balaban J connectivity index is 1.41. The lowest BCUT2D eigenvalue weighted by Gasteiger charge is -2.22. The van der Waals surface area contributed by atoms with Crippen molar-refractivity contribution in [2.75, 3.05) is 26.1 Å². The van der Waals surface area contributed by atoms with Crippen molar-refractivity contribution in [1.29, 1.82) is 0 Å². The number of nitrogens with one attached hydrogen (secondary N) is 1. The van der Waals surface area contributed by atoms with Crippen molar-refractivity contribution >= 4 is 17.8 Å². The SMILES string of the molecule is COc1ccc(-c2cn(-c3ccc(OC)cc3)c(NC(=O)CN(C(=O)c3ccc(F)cc3)C3CC3)n2)cc1. The number of rotatable bonds is 9. The first-order chi connectivity index (χ1) is 18.4. The molecule has 0 atom stereocenters. The normalized spacial score (nSPS) is 12.6. The van der Waals surface area contributed by atoms with Crippen molar-refractivity contribution in [3.63, 3.8) is 0 Å². The average Bonchev–Trinajstić information content (AvgIpc) is 3.71. The Hall–Kier alpha value is -4.66. The molecule has 4 aromatic rings. The van der Waals surface area contributed by atoms with E-state index in [0.29, 0.717) is 23.0 Å². The summed E-state index contributed by atoms with van der Waals surface area (Å²) < 4.78 is 25.6. The van der Waals surface area contributed by atoms with Crippen LogP contribution in [-0.4, -0.2) is 53.1 Å². The molecule has 1 aliphatic carbocycles. The standard InChI is InChI=1S/C29H27FN4O4/c1-37-24-13-5-19(6-14-24)26-17-34(23-11-15-25(38-2)16-12-23)29(31-26)32-27(35)18-33(22-9-10-22)28(36)20-3-7-21(30)8-4-20/h3-8,11-17,22H,9-10,18H2,1-2H3,(H,31,32,35). The summed E-state index contributed by atoms with van der Waals surface area (Å²) in [6.07, 6.45) is 3.48. The first-order valence-electron chi connectivity index (χ1n) is 12.2. The van der Waals surface area contributed by atoms with E-state index in [2.05, 4.69) is 10.3 Å².